The first-order chi connectivity index (χ1) is 11.7. The predicted molar refractivity (Wildman–Crippen MR) is 96.6 cm³/mol. The van der Waals surface area contributed by atoms with Crippen molar-refractivity contribution in [3.63, 3.8) is 0 Å². The van der Waals surface area contributed by atoms with Gasteiger partial charge in [0, 0.05) is 24.0 Å². The molecular weight excluding hydrogens is 320 g/mol. The highest BCUT2D eigenvalue weighted by atomic mass is 32.1. The minimum atomic E-state index is -0.187. The van der Waals surface area contributed by atoms with Crippen molar-refractivity contribution >= 4 is 29.3 Å². The highest BCUT2D eigenvalue weighted by Crippen LogP contribution is 2.05. The number of pyridine rings is 1. The Morgan fingerprint density at radius 3 is 2.54 bits per heavy atom. The molecule has 0 aliphatic heterocycles. The van der Waals surface area contributed by atoms with Crippen molar-refractivity contribution in [2.45, 2.75) is 13.3 Å². The Morgan fingerprint density at radius 1 is 1.17 bits per heavy atom. The lowest BCUT2D eigenvalue weighted by Gasteiger charge is -1.96. The predicted octanol–water partition coefficient (Wildman–Crippen LogP) is 1.89. The molecule has 5 heteroatoms. The van der Waals surface area contributed by atoms with Crippen molar-refractivity contribution in [2.24, 2.45) is 0 Å². The number of nitrogens with zero attached hydrogens (tertiary/aromatic N) is 1. The first kappa shape index (κ1) is 16.1. The summed E-state index contributed by atoms with van der Waals surface area (Å²) < 4.78 is 1.12. The number of thiazole rings is 1. The molecule has 0 fully saturated rings. The van der Waals surface area contributed by atoms with E-state index < -0.39 is 0 Å². The summed E-state index contributed by atoms with van der Waals surface area (Å²) in [5.74, 6) is -0.159. The van der Waals surface area contributed by atoms with E-state index in [1.54, 1.807) is 24.5 Å². The van der Waals surface area contributed by atoms with Crippen molar-refractivity contribution in [1.82, 2.24) is 9.97 Å². The van der Waals surface area contributed by atoms with Crippen LogP contribution in [0.5, 0.6) is 0 Å². The molecule has 0 unspecified atom stereocenters. The molecule has 4 nitrogen and oxygen atoms in total. The molecule has 24 heavy (non-hydrogen) atoms. The number of benzene rings is 1. The molecule has 0 bridgehead atoms. The van der Waals surface area contributed by atoms with Crippen molar-refractivity contribution < 1.29 is 4.79 Å². The fourth-order valence-corrected chi connectivity index (χ4v) is 3.13. The lowest BCUT2D eigenvalue weighted by atomic mass is 10.1. The molecule has 0 aliphatic carbocycles. The van der Waals surface area contributed by atoms with E-state index in [0.29, 0.717) is 14.8 Å². The molecule has 3 aromatic rings. The summed E-state index contributed by atoms with van der Waals surface area (Å²) in [4.78, 5) is 30.8. The fraction of sp³-hybridized carbons (Fsp3) is 0.105. The molecule has 0 radical (unpaired) electrons. The summed E-state index contributed by atoms with van der Waals surface area (Å²) in [6.07, 6.45) is 7.39. The van der Waals surface area contributed by atoms with E-state index in [4.69, 9.17) is 0 Å². The van der Waals surface area contributed by atoms with Gasteiger partial charge in [-0.05, 0) is 35.8 Å². The van der Waals surface area contributed by atoms with Crippen LogP contribution < -0.4 is 14.8 Å². The number of H-pyrrole nitrogens is 1. The smallest absolute Gasteiger partial charge is 0.266 e. The summed E-state index contributed by atoms with van der Waals surface area (Å²) in [5, 5.41) is 0. The number of carbonyl (C=O) groups is 1. The molecule has 2 heterocycles. The number of nitrogens with one attached hydrogen (secondary N) is 1. The highest BCUT2D eigenvalue weighted by molar-refractivity contribution is 7.07. The summed E-state index contributed by atoms with van der Waals surface area (Å²) in [6.45, 7) is 2.10. The number of aryl methyl sites for hydroxylation is 1. The van der Waals surface area contributed by atoms with Crippen LogP contribution in [-0.4, -0.2) is 15.8 Å². The molecule has 120 valence electrons. The first-order valence-electron chi connectivity index (χ1n) is 7.61. The molecule has 1 N–H and O–H groups in total. The Morgan fingerprint density at radius 2 is 1.88 bits per heavy atom. The summed E-state index contributed by atoms with van der Waals surface area (Å²) in [6, 6.07) is 11.4. The van der Waals surface area contributed by atoms with Gasteiger partial charge in [0.1, 0.15) is 0 Å². The second-order valence-electron chi connectivity index (χ2n) is 5.27. The third kappa shape index (κ3) is 3.75. The highest BCUT2D eigenvalue weighted by Gasteiger charge is 2.02. The van der Waals surface area contributed by atoms with E-state index >= 15 is 0 Å². The Labute approximate surface area is 142 Å². The van der Waals surface area contributed by atoms with Crippen molar-refractivity contribution in [1.29, 1.82) is 0 Å². The zero-order valence-corrected chi connectivity index (χ0v) is 14.0. The van der Waals surface area contributed by atoms with Crippen LogP contribution in [0.25, 0.3) is 12.2 Å². The monoisotopic (exact) mass is 336 g/mol. The Balaban J connectivity index is 1.95. The quantitative estimate of drug-likeness (QED) is 0.740. The van der Waals surface area contributed by atoms with Gasteiger partial charge in [-0.3, -0.25) is 14.6 Å². The third-order valence-electron chi connectivity index (χ3n) is 3.59. The van der Waals surface area contributed by atoms with Crippen LogP contribution in [0.2, 0.25) is 0 Å². The molecule has 0 spiro atoms. The van der Waals surface area contributed by atoms with Crippen LogP contribution in [0.4, 0.5) is 0 Å². The van der Waals surface area contributed by atoms with Gasteiger partial charge in [-0.15, -0.1) is 11.3 Å². The maximum absolute atomic E-state index is 12.2. The van der Waals surface area contributed by atoms with E-state index in [1.807, 2.05) is 30.3 Å². The van der Waals surface area contributed by atoms with Gasteiger partial charge in [0.25, 0.3) is 5.56 Å². The second-order valence-corrected chi connectivity index (χ2v) is 6.35. The van der Waals surface area contributed by atoms with Gasteiger partial charge in [-0.1, -0.05) is 31.2 Å². The minimum absolute atomic E-state index is 0.159. The molecule has 1 aromatic carbocycles. The Bertz CT molecular complexity index is 1020. The maximum atomic E-state index is 12.2. The molecule has 3 rings (SSSR count). The van der Waals surface area contributed by atoms with Crippen LogP contribution in [0.15, 0.2) is 53.6 Å². The van der Waals surface area contributed by atoms with E-state index in [9.17, 15) is 9.59 Å². The zero-order valence-electron chi connectivity index (χ0n) is 13.2. The average Bonchev–Trinajstić information content (AvgIpc) is 2.95. The third-order valence-corrected chi connectivity index (χ3v) is 4.56. The topological polar surface area (TPSA) is 62.8 Å². The van der Waals surface area contributed by atoms with Crippen LogP contribution >= 0.6 is 11.3 Å². The average molecular weight is 336 g/mol. The van der Waals surface area contributed by atoms with Crippen LogP contribution in [0, 0.1) is 0 Å². The summed E-state index contributed by atoms with van der Waals surface area (Å²) >= 11 is 1.27. The number of rotatable bonds is 4. The molecule has 0 atom stereocenters. The van der Waals surface area contributed by atoms with Crippen LogP contribution in [-0.2, 0) is 6.42 Å². The number of hydrogen-bond donors (Lipinski definition) is 1. The standard InChI is InChI=1S/C19H16N2O2S/c1-2-13-3-5-14(6-4-13)11-17-19(23)21-18(24-17)12-16(22)15-7-9-20-10-8-15/h3-12H,2H2,1H3,(H,21,23). The van der Waals surface area contributed by atoms with Crippen molar-refractivity contribution in [3.05, 3.63) is 85.0 Å². The number of hydrogen-bond acceptors (Lipinski definition) is 4. The summed E-state index contributed by atoms with van der Waals surface area (Å²) in [7, 11) is 0. The number of Topliss-reactive ketones (excluding diaryl/α,β-unsaturated/α-hetero) is 1. The van der Waals surface area contributed by atoms with Crippen LogP contribution in [0.3, 0.4) is 0 Å². The normalized spacial score (nSPS) is 12.5. The number of ketones is 1. The largest absolute Gasteiger partial charge is 0.313 e. The molecule has 0 saturated carbocycles. The molecular formula is C19H16N2O2S. The minimum Gasteiger partial charge on any atom is -0.313 e. The molecule has 2 aromatic heterocycles. The molecule has 0 amide bonds. The SMILES string of the molecule is CCc1ccc(C=c2sc(=CC(=O)c3ccncc3)[nH]c2=O)cc1. The van der Waals surface area contributed by atoms with Gasteiger partial charge in [-0.2, -0.15) is 0 Å². The zero-order chi connectivity index (χ0) is 16.9. The fourth-order valence-electron chi connectivity index (χ4n) is 2.24. The van der Waals surface area contributed by atoms with E-state index in [-0.39, 0.29) is 11.3 Å². The Kier molecular flexibility index (Phi) is 4.82. The summed E-state index contributed by atoms with van der Waals surface area (Å²) in [5.41, 5.74) is 2.57. The van der Waals surface area contributed by atoms with E-state index in [0.717, 1.165) is 12.0 Å². The van der Waals surface area contributed by atoms with Gasteiger partial charge in [0.2, 0.25) is 0 Å². The number of aromatic nitrogens is 2. The van der Waals surface area contributed by atoms with Gasteiger partial charge in [0.15, 0.2) is 5.78 Å². The first-order valence-corrected chi connectivity index (χ1v) is 8.43. The van der Waals surface area contributed by atoms with Crippen molar-refractivity contribution in [2.75, 3.05) is 0 Å². The van der Waals surface area contributed by atoms with Gasteiger partial charge in [-0.25, -0.2) is 0 Å². The second kappa shape index (κ2) is 7.19. The van der Waals surface area contributed by atoms with Gasteiger partial charge in [0.05, 0.1) is 9.20 Å². The number of carbonyl (C=O) groups excluding carboxylic acids is 1. The lowest BCUT2D eigenvalue weighted by Crippen LogP contribution is -2.20. The van der Waals surface area contributed by atoms with Crippen LogP contribution in [0.1, 0.15) is 28.4 Å². The maximum Gasteiger partial charge on any atom is 0.266 e. The van der Waals surface area contributed by atoms with Crippen molar-refractivity contribution in [3.8, 4) is 0 Å². The van der Waals surface area contributed by atoms with E-state index in [2.05, 4.69) is 16.9 Å². The van der Waals surface area contributed by atoms with Gasteiger partial charge < -0.3 is 4.98 Å². The molecule has 0 saturated heterocycles. The number of aromatic amines is 1. The Hall–Kier alpha value is -2.79. The van der Waals surface area contributed by atoms with E-state index in [1.165, 1.54) is 23.0 Å². The van der Waals surface area contributed by atoms with Gasteiger partial charge >= 0.3 is 0 Å². The molecule has 0 aliphatic rings. The lowest BCUT2D eigenvalue weighted by molar-refractivity contribution is 0.106.